The molecule has 0 radical (unpaired) electrons. The van der Waals surface area contributed by atoms with Crippen molar-refractivity contribution in [3.63, 3.8) is 0 Å². The van der Waals surface area contributed by atoms with Crippen molar-refractivity contribution in [2.45, 2.75) is 70.6 Å². The number of benzene rings is 3. The molecule has 0 amide bonds. The molecule has 1 aliphatic rings. The molecule has 0 saturated heterocycles. The van der Waals surface area contributed by atoms with Crippen molar-refractivity contribution in [1.82, 2.24) is 5.32 Å². The Morgan fingerprint density at radius 1 is 1.00 bits per heavy atom. The van der Waals surface area contributed by atoms with Gasteiger partial charge in [0.15, 0.2) is 6.10 Å². The number of ether oxygens (including phenoxy) is 2. The molecular weight excluding hydrogens is 410 g/mol. The highest BCUT2D eigenvalue weighted by atomic mass is 16.6. The molecule has 4 atom stereocenters. The summed E-state index contributed by atoms with van der Waals surface area (Å²) in [5.74, 6) is 0.966. The number of hydrogen-bond donors (Lipinski definition) is 1. The Balaban J connectivity index is 1.35. The van der Waals surface area contributed by atoms with E-state index in [4.69, 9.17) is 9.47 Å². The maximum atomic E-state index is 12.0. The largest absolute Gasteiger partial charge is 0.479 e. The van der Waals surface area contributed by atoms with Gasteiger partial charge in [0.25, 0.3) is 0 Å². The van der Waals surface area contributed by atoms with Crippen LogP contribution >= 0.6 is 0 Å². The quantitative estimate of drug-likeness (QED) is 0.380. The SMILES string of the molecule is CCOC(=O)C(CC)Oc1ccc(C2CCC(NC(C)c3cccc4ccccc34)C2)cc1. The molecule has 174 valence electrons. The number of fused-ring (bicyclic) bond motifs is 1. The number of hydrogen-bond acceptors (Lipinski definition) is 4. The summed E-state index contributed by atoms with van der Waals surface area (Å²) in [7, 11) is 0. The van der Waals surface area contributed by atoms with Gasteiger partial charge in [-0.1, -0.05) is 61.5 Å². The molecule has 1 saturated carbocycles. The fourth-order valence-electron chi connectivity index (χ4n) is 5.02. The van der Waals surface area contributed by atoms with Gasteiger partial charge in [0.1, 0.15) is 5.75 Å². The minimum absolute atomic E-state index is 0.297. The van der Waals surface area contributed by atoms with Gasteiger partial charge in [-0.05, 0) is 79.5 Å². The molecule has 3 aromatic carbocycles. The van der Waals surface area contributed by atoms with Crippen molar-refractivity contribution in [1.29, 1.82) is 0 Å². The van der Waals surface area contributed by atoms with Crippen LogP contribution in [0.2, 0.25) is 0 Å². The van der Waals surface area contributed by atoms with Crippen molar-refractivity contribution in [3.8, 4) is 5.75 Å². The number of esters is 1. The van der Waals surface area contributed by atoms with Crippen LogP contribution in [-0.4, -0.2) is 24.7 Å². The Morgan fingerprint density at radius 2 is 1.76 bits per heavy atom. The molecule has 4 rings (SSSR count). The zero-order valence-electron chi connectivity index (χ0n) is 19.9. The van der Waals surface area contributed by atoms with Crippen LogP contribution in [0, 0.1) is 0 Å². The molecule has 1 fully saturated rings. The van der Waals surface area contributed by atoms with E-state index in [1.54, 1.807) is 0 Å². The third-order valence-corrected chi connectivity index (χ3v) is 6.76. The van der Waals surface area contributed by atoms with Crippen LogP contribution in [-0.2, 0) is 9.53 Å². The van der Waals surface area contributed by atoms with E-state index in [-0.39, 0.29) is 5.97 Å². The molecule has 4 heteroatoms. The minimum atomic E-state index is -0.550. The second-order valence-corrected chi connectivity index (χ2v) is 9.00. The summed E-state index contributed by atoms with van der Waals surface area (Å²) in [5.41, 5.74) is 2.71. The van der Waals surface area contributed by atoms with Gasteiger partial charge in [0.2, 0.25) is 0 Å². The lowest BCUT2D eigenvalue weighted by atomic mass is 9.96. The lowest BCUT2D eigenvalue weighted by molar-refractivity contribution is -0.151. The molecule has 0 aromatic heterocycles. The Bertz CT molecular complexity index is 1060. The lowest BCUT2D eigenvalue weighted by Crippen LogP contribution is -2.29. The van der Waals surface area contributed by atoms with Crippen molar-refractivity contribution < 1.29 is 14.3 Å². The van der Waals surface area contributed by atoms with E-state index in [0.29, 0.717) is 31.0 Å². The van der Waals surface area contributed by atoms with Crippen LogP contribution in [0.3, 0.4) is 0 Å². The summed E-state index contributed by atoms with van der Waals surface area (Å²) in [4.78, 5) is 12.0. The second kappa shape index (κ2) is 10.8. The monoisotopic (exact) mass is 445 g/mol. The highest BCUT2D eigenvalue weighted by Gasteiger charge is 2.27. The average molecular weight is 446 g/mol. The summed E-state index contributed by atoms with van der Waals surface area (Å²) < 4.78 is 11.0. The molecule has 4 nitrogen and oxygen atoms in total. The van der Waals surface area contributed by atoms with E-state index < -0.39 is 6.10 Å². The standard InChI is InChI=1S/C29H35NO3/c1-4-28(29(31)32-5-2)33-25-17-14-21(15-18-25)23-13-16-24(19-23)30-20(3)26-12-8-10-22-9-6-7-11-27(22)26/h6-12,14-15,17-18,20,23-24,28,30H,4-5,13,16,19H2,1-3H3. The minimum Gasteiger partial charge on any atom is -0.479 e. The van der Waals surface area contributed by atoms with E-state index in [9.17, 15) is 4.79 Å². The Morgan fingerprint density at radius 3 is 2.52 bits per heavy atom. The van der Waals surface area contributed by atoms with Gasteiger partial charge in [0, 0.05) is 12.1 Å². The third kappa shape index (κ3) is 5.56. The topological polar surface area (TPSA) is 47.6 Å². The highest BCUT2D eigenvalue weighted by molar-refractivity contribution is 5.86. The maximum absolute atomic E-state index is 12.0. The molecule has 0 bridgehead atoms. The molecule has 4 unspecified atom stereocenters. The summed E-state index contributed by atoms with van der Waals surface area (Å²) >= 11 is 0. The van der Waals surface area contributed by atoms with Crippen molar-refractivity contribution >= 4 is 16.7 Å². The van der Waals surface area contributed by atoms with E-state index in [2.05, 4.69) is 66.8 Å². The summed E-state index contributed by atoms with van der Waals surface area (Å²) in [5, 5.41) is 6.51. The third-order valence-electron chi connectivity index (χ3n) is 6.76. The van der Waals surface area contributed by atoms with Gasteiger partial charge in [0.05, 0.1) is 6.61 Å². The summed E-state index contributed by atoms with van der Waals surface area (Å²) in [6.07, 6.45) is 3.53. The van der Waals surface area contributed by atoms with Crippen LogP contribution in [0.4, 0.5) is 0 Å². The molecule has 0 heterocycles. The first-order chi connectivity index (χ1) is 16.1. The Hall–Kier alpha value is -2.85. The molecule has 0 spiro atoms. The first-order valence-electron chi connectivity index (χ1n) is 12.3. The van der Waals surface area contributed by atoms with E-state index in [1.165, 1.54) is 34.7 Å². The zero-order valence-corrected chi connectivity index (χ0v) is 19.9. The average Bonchev–Trinajstić information content (AvgIpc) is 3.31. The van der Waals surface area contributed by atoms with Gasteiger partial charge in [-0.25, -0.2) is 4.79 Å². The Labute approximate surface area is 197 Å². The van der Waals surface area contributed by atoms with Gasteiger partial charge < -0.3 is 14.8 Å². The fourth-order valence-corrected chi connectivity index (χ4v) is 5.02. The maximum Gasteiger partial charge on any atom is 0.347 e. The first-order valence-corrected chi connectivity index (χ1v) is 12.3. The number of carbonyl (C=O) groups is 1. The summed E-state index contributed by atoms with van der Waals surface area (Å²) in [6, 6.07) is 24.3. The molecule has 1 N–H and O–H groups in total. The van der Waals surface area contributed by atoms with Gasteiger partial charge >= 0.3 is 5.97 Å². The second-order valence-electron chi connectivity index (χ2n) is 9.00. The van der Waals surface area contributed by atoms with Crippen LogP contribution < -0.4 is 10.1 Å². The first kappa shape index (κ1) is 23.3. The van der Waals surface area contributed by atoms with E-state index >= 15 is 0 Å². The van der Waals surface area contributed by atoms with Gasteiger partial charge in [-0.3, -0.25) is 0 Å². The zero-order chi connectivity index (χ0) is 23.2. The van der Waals surface area contributed by atoms with Crippen LogP contribution in [0.15, 0.2) is 66.7 Å². The van der Waals surface area contributed by atoms with Crippen LogP contribution in [0.1, 0.15) is 69.5 Å². The van der Waals surface area contributed by atoms with E-state index in [0.717, 1.165) is 12.2 Å². The molecular formula is C29H35NO3. The molecule has 33 heavy (non-hydrogen) atoms. The van der Waals surface area contributed by atoms with Crippen molar-refractivity contribution in [2.24, 2.45) is 0 Å². The number of carbonyl (C=O) groups excluding carboxylic acids is 1. The van der Waals surface area contributed by atoms with Crippen molar-refractivity contribution in [3.05, 3.63) is 77.9 Å². The predicted molar refractivity (Wildman–Crippen MR) is 134 cm³/mol. The van der Waals surface area contributed by atoms with Crippen molar-refractivity contribution in [2.75, 3.05) is 6.61 Å². The number of nitrogens with one attached hydrogen (secondary N) is 1. The van der Waals surface area contributed by atoms with Crippen LogP contribution in [0.5, 0.6) is 5.75 Å². The molecule has 0 aliphatic heterocycles. The number of rotatable bonds is 9. The Kier molecular flexibility index (Phi) is 7.66. The molecule has 1 aliphatic carbocycles. The molecule has 3 aromatic rings. The lowest BCUT2D eigenvalue weighted by Gasteiger charge is -2.22. The summed E-state index contributed by atoms with van der Waals surface area (Å²) in [6.45, 7) is 6.38. The fraction of sp³-hybridized carbons (Fsp3) is 0.414. The smallest absolute Gasteiger partial charge is 0.347 e. The normalized spacial score (nSPS) is 19.8. The van der Waals surface area contributed by atoms with Gasteiger partial charge in [-0.15, -0.1) is 0 Å². The van der Waals surface area contributed by atoms with Gasteiger partial charge in [-0.2, -0.15) is 0 Å². The predicted octanol–water partition coefficient (Wildman–Crippen LogP) is 6.55. The van der Waals surface area contributed by atoms with E-state index in [1.807, 2.05) is 26.0 Å². The highest BCUT2D eigenvalue weighted by Crippen LogP contribution is 2.36. The van der Waals surface area contributed by atoms with Crippen LogP contribution in [0.25, 0.3) is 10.8 Å².